The minimum Gasteiger partial charge on any atom is -0.451 e. The molecule has 1 aliphatic heterocycles. The second-order valence-electron chi connectivity index (χ2n) is 6.53. The molecule has 0 spiro atoms. The van der Waals surface area contributed by atoms with Gasteiger partial charge in [0.25, 0.3) is 5.91 Å². The number of rotatable bonds is 3. The van der Waals surface area contributed by atoms with Gasteiger partial charge in [0, 0.05) is 30.5 Å². The summed E-state index contributed by atoms with van der Waals surface area (Å²) in [5.41, 5.74) is 0.702. The van der Waals surface area contributed by atoms with Crippen molar-refractivity contribution in [2.45, 2.75) is 19.8 Å². The predicted octanol–water partition coefficient (Wildman–Crippen LogP) is 3.22. The summed E-state index contributed by atoms with van der Waals surface area (Å²) in [6.07, 6.45) is 1.21. The average molecular weight is 353 g/mol. The van der Waals surface area contributed by atoms with Gasteiger partial charge < -0.3 is 19.2 Å². The van der Waals surface area contributed by atoms with E-state index >= 15 is 0 Å². The Labute approximate surface area is 149 Å². The van der Waals surface area contributed by atoms with Crippen LogP contribution in [0.25, 0.3) is 11.0 Å². The maximum absolute atomic E-state index is 12.6. The summed E-state index contributed by atoms with van der Waals surface area (Å²) in [5, 5.41) is 7.44. The van der Waals surface area contributed by atoms with Crippen LogP contribution in [0.1, 0.15) is 29.2 Å². The number of nitrogens with zero attached hydrogens (tertiary/aromatic N) is 2. The highest BCUT2D eigenvalue weighted by molar-refractivity contribution is 5.96. The average Bonchev–Trinajstić information content (AvgIpc) is 3.27. The van der Waals surface area contributed by atoms with Crippen molar-refractivity contribution >= 4 is 28.6 Å². The SMILES string of the molecule is Cc1cc(NC(=O)C2CCN(C(=O)c3cc4ccccc4o3)CC2)no1. The van der Waals surface area contributed by atoms with E-state index in [0.717, 1.165) is 5.39 Å². The Bertz CT molecular complexity index is 918. The van der Waals surface area contributed by atoms with Gasteiger partial charge in [-0.2, -0.15) is 0 Å². The van der Waals surface area contributed by atoms with Gasteiger partial charge in [-0.25, -0.2) is 0 Å². The number of furan rings is 1. The molecular formula is C19H19N3O4. The Morgan fingerprint density at radius 2 is 1.96 bits per heavy atom. The second-order valence-corrected chi connectivity index (χ2v) is 6.53. The van der Waals surface area contributed by atoms with Crippen molar-refractivity contribution in [2.75, 3.05) is 18.4 Å². The second kappa shape index (κ2) is 6.67. The zero-order valence-electron chi connectivity index (χ0n) is 14.4. The fourth-order valence-corrected chi connectivity index (χ4v) is 3.24. The third-order valence-corrected chi connectivity index (χ3v) is 4.67. The molecule has 1 fully saturated rings. The summed E-state index contributed by atoms with van der Waals surface area (Å²) >= 11 is 0. The Morgan fingerprint density at radius 1 is 1.19 bits per heavy atom. The molecule has 134 valence electrons. The van der Waals surface area contributed by atoms with Crippen molar-refractivity contribution < 1.29 is 18.5 Å². The summed E-state index contributed by atoms with van der Waals surface area (Å²) in [6, 6.07) is 11.0. The van der Waals surface area contributed by atoms with Crippen LogP contribution in [0.4, 0.5) is 5.82 Å². The molecule has 1 saturated heterocycles. The molecule has 0 bridgehead atoms. The maximum Gasteiger partial charge on any atom is 0.289 e. The van der Waals surface area contributed by atoms with Crippen molar-refractivity contribution in [3.8, 4) is 0 Å². The molecular weight excluding hydrogens is 334 g/mol. The maximum atomic E-state index is 12.6. The number of anilines is 1. The molecule has 7 heteroatoms. The van der Waals surface area contributed by atoms with Crippen LogP contribution in [0.2, 0.25) is 0 Å². The zero-order valence-corrected chi connectivity index (χ0v) is 14.4. The first kappa shape index (κ1) is 16.4. The number of hydrogen-bond donors (Lipinski definition) is 1. The Balaban J connectivity index is 1.36. The van der Waals surface area contributed by atoms with E-state index in [2.05, 4.69) is 10.5 Å². The molecule has 1 aliphatic rings. The minimum absolute atomic E-state index is 0.0888. The van der Waals surface area contributed by atoms with Crippen LogP contribution < -0.4 is 5.32 Å². The molecule has 2 aromatic heterocycles. The Hall–Kier alpha value is -3.09. The Kier molecular flexibility index (Phi) is 4.20. The number of nitrogens with one attached hydrogen (secondary N) is 1. The molecule has 7 nitrogen and oxygen atoms in total. The quantitative estimate of drug-likeness (QED) is 0.781. The summed E-state index contributed by atoms with van der Waals surface area (Å²) in [6.45, 7) is 2.81. The number of hydrogen-bond acceptors (Lipinski definition) is 5. The van der Waals surface area contributed by atoms with E-state index in [1.807, 2.05) is 24.3 Å². The number of fused-ring (bicyclic) bond motifs is 1. The van der Waals surface area contributed by atoms with Crippen LogP contribution in [0.5, 0.6) is 0 Å². The summed E-state index contributed by atoms with van der Waals surface area (Å²) in [7, 11) is 0. The minimum atomic E-state index is -0.147. The predicted molar refractivity (Wildman–Crippen MR) is 94.7 cm³/mol. The van der Waals surface area contributed by atoms with Crippen LogP contribution in [0, 0.1) is 12.8 Å². The van der Waals surface area contributed by atoms with Crippen molar-refractivity contribution in [1.82, 2.24) is 10.1 Å². The van der Waals surface area contributed by atoms with E-state index in [-0.39, 0.29) is 17.7 Å². The molecule has 3 heterocycles. The number of amides is 2. The molecule has 26 heavy (non-hydrogen) atoms. The molecule has 0 radical (unpaired) electrons. The molecule has 0 atom stereocenters. The van der Waals surface area contributed by atoms with Gasteiger partial charge in [-0.3, -0.25) is 9.59 Å². The lowest BCUT2D eigenvalue weighted by molar-refractivity contribution is -0.121. The van der Waals surface area contributed by atoms with E-state index in [0.29, 0.717) is 48.9 Å². The molecule has 4 rings (SSSR count). The zero-order chi connectivity index (χ0) is 18.1. The standard InChI is InChI=1S/C19H19N3O4/c1-12-10-17(21-26-12)20-18(23)13-6-8-22(9-7-13)19(24)16-11-14-4-2-3-5-15(14)25-16/h2-5,10-11,13H,6-9H2,1H3,(H,20,21,23). The van der Waals surface area contributed by atoms with Gasteiger partial charge >= 0.3 is 0 Å². The lowest BCUT2D eigenvalue weighted by atomic mass is 9.95. The number of carbonyl (C=O) groups excluding carboxylic acids is 2. The highest BCUT2D eigenvalue weighted by Crippen LogP contribution is 2.24. The highest BCUT2D eigenvalue weighted by atomic mass is 16.5. The van der Waals surface area contributed by atoms with Crippen molar-refractivity contribution in [3.63, 3.8) is 0 Å². The lowest BCUT2D eigenvalue weighted by Gasteiger charge is -2.30. The van der Waals surface area contributed by atoms with Gasteiger partial charge in [-0.15, -0.1) is 0 Å². The van der Waals surface area contributed by atoms with Gasteiger partial charge in [-0.05, 0) is 31.9 Å². The number of benzene rings is 1. The van der Waals surface area contributed by atoms with Gasteiger partial charge in [-0.1, -0.05) is 23.4 Å². The van der Waals surface area contributed by atoms with E-state index in [1.54, 1.807) is 24.0 Å². The first-order chi connectivity index (χ1) is 12.6. The molecule has 3 aromatic rings. The van der Waals surface area contributed by atoms with Gasteiger partial charge in [0.15, 0.2) is 11.6 Å². The number of likely N-dealkylation sites (tertiary alicyclic amines) is 1. The summed E-state index contributed by atoms with van der Waals surface area (Å²) < 4.78 is 10.6. The number of aryl methyl sites for hydroxylation is 1. The van der Waals surface area contributed by atoms with Crippen LogP contribution in [0.15, 0.2) is 45.3 Å². The van der Waals surface area contributed by atoms with Crippen molar-refractivity contribution in [1.29, 1.82) is 0 Å². The number of para-hydroxylation sites is 1. The van der Waals surface area contributed by atoms with Gasteiger partial charge in [0.2, 0.25) is 5.91 Å². The van der Waals surface area contributed by atoms with Crippen LogP contribution in [-0.2, 0) is 4.79 Å². The van der Waals surface area contributed by atoms with Gasteiger partial charge in [0.05, 0.1) is 0 Å². The topological polar surface area (TPSA) is 88.6 Å². The molecule has 2 amide bonds. The number of carbonyl (C=O) groups is 2. The normalized spacial score (nSPS) is 15.3. The first-order valence-electron chi connectivity index (χ1n) is 8.62. The largest absolute Gasteiger partial charge is 0.451 e. The molecule has 0 aliphatic carbocycles. The molecule has 0 unspecified atom stereocenters. The first-order valence-corrected chi connectivity index (χ1v) is 8.62. The number of piperidine rings is 1. The van der Waals surface area contributed by atoms with E-state index < -0.39 is 0 Å². The lowest BCUT2D eigenvalue weighted by Crippen LogP contribution is -2.41. The third-order valence-electron chi connectivity index (χ3n) is 4.67. The number of aromatic nitrogens is 1. The van der Waals surface area contributed by atoms with E-state index in [4.69, 9.17) is 8.94 Å². The highest BCUT2D eigenvalue weighted by Gasteiger charge is 2.29. The van der Waals surface area contributed by atoms with Crippen LogP contribution >= 0.6 is 0 Å². The monoisotopic (exact) mass is 353 g/mol. The van der Waals surface area contributed by atoms with Crippen LogP contribution in [-0.4, -0.2) is 35.0 Å². The fraction of sp³-hybridized carbons (Fsp3) is 0.316. The van der Waals surface area contributed by atoms with Crippen molar-refractivity contribution in [2.24, 2.45) is 5.92 Å². The third kappa shape index (κ3) is 3.20. The molecule has 0 saturated carbocycles. The van der Waals surface area contributed by atoms with Crippen LogP contribution in [0.3, 0.4) is 0 Å². The van der Waals surface area contributed by atoms with Crippen molar-refractivity contribution in [3.05, 3.63) is 47.9 Å². The smallest absolute Gasteiger partial charge is 0.289 e. The van der Waals surface area contributed by atoms with Gasteiger partial charge in [0.1, 0.15) is 11.3 Å². The Morgan fingerprint density at radius 3 is 2.65 bits per heavy atom. The summed E-state index contributed by atoms with van der Waals surface area (Å²) in [5.74, 6) is 1.04. The molecule has 1 aromatic carbocycles. The van der Waals surface area contributed by atoms with E-state index in [9.17, 15) is 9.59 Å². The fourth-order valence-electron chi connectivity index (χ4n) is 3.24. The molecule has 1 N–H and O–H groups in total. The summed E-state index contributed by atoms with van der Waals surface area (Å²) in [4.78, 5) is 26.7. The van der Waals surface area contributed by atoms with E-state index in [1.165, 1.54) is 0 Å².